The van der Waals surface area contributed by atoms with Crippen molar-refractivity contribution in [2.45, 2.75) is 39.3 Å². The minimum absolute atomic E-state index is 0.0000837. The minimum Gasteiger partial charge on any atom is -0.352 e. The Morgan fingerprint density at radius 3 is 2.43 bits per heavy atom. The summed E-state index contributed by atoms with van der Waals surface area (Å²) in [7, 11) is 0. The standard InChI is InChI=1S/C10H22N2OS/c1-8(7-14-5)12-9(13)6-11-10(2,3)4/h8,11H,6-7H2,1-5H3,(H,12,13). The average Bonchev–Trinajstić information content (AvgIpc) is 2.00. The Kier molecular flexibility index (Phi) is 6.20. The number of nitrogens with one attached hydrogen (secondary N) is 2. The van der Waals surface area contributed by atoms with Crippen molar-refractivity contribution in [3.8, 4) is 0 Å². The van der Waals surface area contributed by atoms with E-state index in [-0.39, 0.29) is 17.5 Å². The summed E-state index contributed by atoms with van der Waals surface area (Å²) in [6, 6.07) is 0.249. The van der Waals surface area contributed by atoms with E-state index in [0.717, 1.165) is 5.75 Å². The van der Waals surface area contributed by atoms with E-state index in [2.05, 4.69) is 10.6 Å². The summed E-state index contributed by atoms with van der Waals surface area (Å²) in [6.07, 6.45) is 2.04. The van der Waals surface area contributed by atoms with Crippen LogP contribution in [0, 0.1) is 0 Å². The zero-order valence-corrected chi connectivity index (χ0v) is 10.6. The van der Waals surface area contributed by atoms with Gasteiger partial charge in [-0.15, -0.1) is 0 Å². The minimum atomic E-state index is 0.0000837. The van der Waals surface area contributed by atoms with Gasteiger partial charge < -0.3 is 10.6 Å². The fourth-order valence-electron chi connectivity index (χ4n) is 0.963. The maximum atomic E-state index is 11.4. The molecule has 0 aromatic heterocycles. The molecular formula is C10H22N2OS. The second kappa shape index (κ2) is 6.30. The first-order valence-electron chi connectivity index (χ1n) is 4.88. The number of carbonyl (C=O) groups excluding carboxylic acids is 1. The first-order valence-corrected chi connectivity index (χ1v) is 6.28. The first-order chi connectivity index (χ1) is 6.35. The molecule has 1 atom stereocenters. The van der Waals surface area contributed by atoms with Crippen molar-refractivity contribution in [2.24, 2.45) is 0 Å². The Labute approximate surface area is 91.4 Å². The van der Waals surface area contributed by atoms with E-state index in [0.29, 0.717) is 6.54 Å². The quantitative estimate of drug-likeness (QED) is 0.729. The molecule has 3 nitrogen and oxygen atoms in total. The predicted molar refractivity (Wildman–Crippen MR) is 63.7 cm³/mol. The third-order valence-corrected chi connectivity index (χ3v) is 2.44. The van der Waals surface area contributed by atoms with Gasteiger partial charge in [-0.3, -0.25) is 4.79 Å². The van der Waals surface area contributed by atoms with Gasteiger partial charge in [0.15, 0.2) is 0 Å². The molecule has 14 heavy (non-hydrogen) atoms. The molecule has 4 heteroatoms. The molecule has 0 aliphatic carbocycles. The average molecular weight is 218 g/mol. The third kappa shape index (κ3) is 8.38. The summed E-state index contributed by atoms with van der Waals surface area (Å²) in [5.74, 6) is 1.03. The summed E-state index contributed by atoms with van der Waals surface area (Å²) in [5, 5.41) is 6.08. The van der Waals surface area contributed by atoms with Gasteiger partial charge in [-0.1, -0.05) is 0 Å². The van der Waals surface area contributed by atoms with Crippen LogP contribution in [-0.2, 0) is 4.79 Å². The number of amides is 1. The van der Waals surface area contributed by atoms with Gasteiger partial charge >= 0.3 is 0 Å². The number of thioether (sulfide) groups is 1. The predicted octanol–water partition coefficient (Wildman–Crippen LogP) is 1.24. The molecular weight excluding hydrogens is 196 g/mol. The van der Waals surface area contributed by atoms with E-state index in [1.165, 1.54) is 0 Å². The highest BCUT2D eigenvalue weighted by molar-refractivity contribution is 7.98. The molecule has 1 amide bonds. The number of rotatable bonds is 5. The number of hydrogen-bond acceptors (Lipinski definition) is 3. The van der Waals surface area contributed by atoms with Crippen LogP contribution in [0.2, 0.25) is 0 Å². The van der Waals surface area contributed by atoms with Crippen LogP contribution >= 0.6 is 11.8 Å². The lowest BCUT2D eigenvalue weighted by Gasteiger charge is -2.21. The summed E-state index contributed by atoms with van der Waals surface area (Å²) >= 11 is 1.74. The summed E-state index contributed by atoms with van der Waals surface area (Å²) in [6.45, 7) is 8.55. The van der Waals surface area contributed by atoms with E-state index in [1.54, 1.807) is 11.8 Å². The summed E-state index contributed by atoms with van der Waals surface area (Å²) < 4.78 is 0. The van der Waals surface area contributed by atoms with Gasteiger partial charge in [-0.25, -0.2) is 0 Å². The van der Waals surface area contributed by atoms with Crippen LogP contribution < -0.4 is 10.6 Å². The molecule has 2 N–H and O–H groups in total. The molecule has 0 heterocycles. The molecule has 0 aromatic carbocycles. The molecule has 1 unspecified atom stereocenters. The molecule has 0 radical (unpaired) electrons. The van der Waals surface area contributed by atoms with Crippen LogP contribution in [0.25, 0.3) is 0 Å². The Morgan fingerprint density at radius 1 is 1.43 bits per heavy atom. The Bertz CT molecular complexity index is 177. The van der Waals surface area contributed by atoms with Gasteiger partial charge in [0.1, 0.15) is 0 Å². The molecule has 0 spiro atoms. The molecule has 0 aliphatic heterocycles. The van der Waals surface area contributed by atoms with E-state index in [4.69, 9.17) is 0 Å². The fraction of sp³-hybridized carbons (Fsp3) is 0.900. The lowest BCUT2D eigenvalue weighted by atomic mass is 10.1. The van der Waals surface area contributed by atoms with Crippen molar-refractivity contribution in [2.75, 3.05) is 18.6 Å². The van der Waals surface area contributed by atoms with E-state index in [9.17, 15) is 4.79 Å². The number of hydrogen-bond donors (Lipinski definition) is 2. The van der Waals surface area contributed by atoms with Crippen molar-refractivity contribution in [3.63, 3.8) is 0 Å². The van der Waals surface area contributed by atoms with Crippen LogP contribution in [0.15, 0.2) is 0 Å². The first kappa shape index (κ1) is 13.8. The molecule has 0 rings (SSSR count). The van der Waals surface area contributed by atoms with Crippen LogP contribution in [0.1, 0.15) is 27.7 Å². The highest BCUT2D eigenvalue weighted by atomic mass is 32.2. The third-order valence-electron chi connectivity index (χ3n) is 1.60. The van der Waals surface area contributed by atoms with Gasteiger partial charge in [0.25, 0.3) is 0 Å². The van der Waals surface area contributed by atoms with Gasteiger partial charge in [-0.2, -0.15) is 11.8 Å². The van der Waals surface area contributed by atoms with Crippen molar-refractivity contribution in [3.05, 3.63) is 0 Å². The highest BCUT2D eigenvalue weighted by Crippen LogP contribution is 1.98. The van der Waals surface area contributed by atoms with Gasteiger partial charge in [-0.05, 0) is 34.0 Å². The zero-order chi connectivity index (χ0) is 11.2. The van der Waals surface area contributed by atoms with Crippen LogP contribution in [-0.4, -0.2) is 36.0 Å². The second-order valence-corrected chi connectivity index (χ2v) is 5.44. The van der Waals surface area contributed by atoms with Crippen LogP contribution in [0.3, 0.4) is 0 Å². The zero-order valence-electron chi connectivity index (χ0n) is 9.81. The van der Waals surface area contributed by atoms with Crippen LogP contribution in [0.5, 0.6) is 0 Å². The monoisotopic (exact) mass is 218 g/mol. The van der Waals surface area contributed by atoms with E-state index in [1.807, 2.05) is 34.0 Å². The molecule has 0 saturated heterocycles. The fourth-order valence-corrected chi connectivity index (χ4v) is 1.55. The molecule has 0 saturated carbocycles. The second-order valence-electron chi connectivity index (χ2n) is 4.53. The normalized spacial score (nSPS) is 13.8. The maximum absolute atomic E-state index is 11.4. The lowest BCUT2D eigenvalue weighted by molar-refractivity contribution is -0.121. The lowest BCUT2D eigenvalue weighted by Crippen LogP contribution is -2.45. The van der Waals surface area contributed by atoms with E-state index < -0.39 is 0 Å². The molecule has 84 valence electrons. The van der Waals surface area contributed by atoms with Gasteiger partial charge in [0.2, 0.25) is 5.91 Å². The van der Waals surface area contributed by atoms with Gasteiger partial charge in [0.05, 0.1) is 6.54 Å². The van der Waals surface area contributed by atoms with E-state index >= 15 is 0 Å². The van der Waals surface area contributed by atoms with Crippen molar-refractivity contribution < 1.29 is 4.79 Å². The summed E-state index contributed by atoms with van der Waals surface area (Å²) in [5.41, 5.74) is 0.0000837. The Balaban J connectivity index is 3.65. The SMILES string of the molecule is CSCC(C)NC(=O)CNC(C)(C)C. The highest BCUT2D eigenvalue weighted by Gasteiger charge is 2.12. The Hall–Kier alpha value is -0.220. The number of carbonyl (C=O) groups is 1. The van der Waals surface area contributed by atoms with Crippen molar-refractivity contribution in [1.82, 2.24) is 10.6 Å². The maximum Gasteiger partial charge on any atom is 0.234 e. The van der Waals surface area contributed by atoms with Crippen molar-refractivity contribution in [1.29, 1.82) is 0 Å². The molecule has 0 bridgehead atoms. The summed E-state index contributed by atoms with van der Waals surface area (Å²) in [4.78, 5) is 11.4. The van der Waals surface area contributed by atoms with Gasteiger partial charge in [0, 0.05) is 17.3 Å². The largest absolute Gasteiger partial charge is 0.352 e. The van der Waals surface area contributed by atoms with Crippen LogP contribution in [0.4, 0.5) is 0 Å². The smallest absolute Gasteiger partial charge is 0.234 e. The Morgan fingerprint density at radius 2 is 2.00 bits per heavy atom. The van der Waals surface area contributed by atoms with Crippen molar-refractivity contribution >= 4 is 17.7 Å². The molecule has 0 aliphatic rings. The molecule has 0 aromatic rings. The topological polar surface area (TPSA) is 41.1 Å². The molecule has 0 fully saturated rings.